The van der Waals surface area contributed by atoms with Gasteiger partial charge in [-0.2, -0.15) is 0 Å². The molecule has 1 aliphatic rings. The summed E-state index contributed by atoms with van der Waals surface area (Å²) in [4.78, 5) is 13.1. The predicted octanol–water partition coefficient (Wildman–Crippen LogP) is 1.29. The van der Waals surface area contributed by atoms with E-state index in [1.807, 2.05) is 7.05 Å². The van der Waals surface area contributed by atoms with E-state index in [4.69, 9.17) is 5.11 Å². The van der Waals surface area contributed by atoms with Crippen molar-refractivity contribution >= 4 is 5.97 Å². The average molecular weight is 185 g/mol. The van der Waals surface area contributed by atoms with Crippen LogP contribution in [0.4, 0.5) is 0 Å². The van der Waals surface area contributed by atoms with Crippen molar-refractivity contribution in [1.29, 1.82) is 0 Å². The summed E-state index contributed by atoms with van der Waals surface area (Å²) in [5, 5.41) is 9.05. The second-order valence-corrected chi connectivity index (χ2v) is 4.22. The van der Waals surface area contributed by atoms with Crippen molar-refractivity contribution in [2.24, 2.45) is 17.8 Å². The third-order valence-electron chi connectivity index (χ3n) is 3.14. The molecule has 0 aromatic heterocycles. The Hall–Kier alpha value is -0.570. The van der Waals surface area contributed by atoms with Crippen LogP contribution < -0.4 is 0 Å². The Balaban J connectivity index is 2.71. The lowest BCUT2D eigenvalue weighted by Gasteiger charge is -2.38. The Kier molecular flexibility index (Phi) is 3.31. The van der Waals surface area contributed by atoms with E-state index in [-0.39, 0.29) is 5.92 Å². The van der Waals surface area contributed by atoms with Gasteiger partial charge in [-0.1, -0.05) is 20.3 Å². The second kappa shape index (κ2) is 4.09. The molecule has 1 saturated heterocycles. The summed E-state index contributed by atoms with van der Waals surface area (Å²) >= 11 is 0. The highest BCUT2D eigenvalue weighted by atomic mass is 16.4. The summed E-state index contributed by atoms with van der Waals surface area (Å²) in [5.41, 5.74) is 0. The lowest BCUT2D eigenvalue weighted by molar-refractivity contribution is -0.147. The van der Waals surface area contributed by atoms with Crippen LogP contribution in [0.25, 0.3) is 0 Å². The Morgan fingerprint density at radius 3 is 2.62 bits per heavy atom. The number of piperidine rings is 1. The summed E-state index contributed by atoms with van der Waals surface area (Å²) in [6.07, 6.45) is 0.978. The van der Waals surface area contributed by atoms with Crippen LogP contribution >= 0.6 is 0 Å². The summed E-state index contributed by atoms with van der Waals surface area (Å²) < 4.78 is 0. The molecule has 0 aromatic carbocycles. The van der Waals surface area contributed by atoms with Gasteiger partial charge in [0.05, 0.1) is 5.92 Å². The van der Waals surface area contributed by atoms with Gasteiger partial charge in [0.2, 0.25) is 0 Å². The summed E-state index contributed by atoms with van der Waals surface area (Å²) in [6, 6.07) is 0. The van der Waals surface area contributed by atoms with E-state index in [0.717, 1.165) is 13.0 Å². The highest BCUT2D eigenvalue weighted by molar-refractivity contribution is 5.70. The maximum absolute atomic E-state index is 11.0. The molecule has 1 rings (SSSR count). The van der Waals surface area contributed by atoms with Crippen LogP contribution in [0.5, 0.6) is 0 Å². The summed E-state index contributed by atoms with van der Waals surface area (Å²) in [7, 11) is 2.00. The average Bonchev–Trinajstić information content (AvgIpc) is 2.02. The maximum Gasteiger partial charge on any atom is 0.308 e. The van der Waals surface area contributed by atoms with Gasteiger partial charge >= 0.3 is 5.97 Å². The van der Waals surface area contributed by atoms with E-state index >= 15 is 0 Å². The lowest BCUT2D eigenvalue weighted by atomic mass is 9.77. The van der Waals surface area contributed by atoms with Gasteiger partial charge in [-0.05, 0) is 18.9 Å². The van der Waals surface area contributed by atoms with Gasteiger partial charge in [0.15, 0.2) is 0 Å². The SMILES string of the molecule is CCC1C(C)CN(C)CC1C(=O)O. The third-order valence-corrected chi connectivity index (χ3v) is 3.14. The van der Waals surface area contributed by atoms with Crippen LogP contribution in [-0.2, 0) is 4.79 Å². The van der Waals surface area contributed by atoms with Crippen molar-refractivity contribution in [2.75, 3.05) is 20.1 Å². The lowest BCUT2D eigenvalue weighted by Crippen LogP contribution is -2.46. The first kappa shape index (κ1) is 10.5. The number of carbonyl (C=O) groups is 1. The van der Waals surface area contributed by atoms with Gasteiger partial charge in [0, 0.05) is 13.1 Å². The second-order valence-electron chi connectivity index (χ2n) is 4.22. The standard InChI is InChI=1S/C10H19NO2/c1-4-8-7(2)5-11(3)6-9(8)10(12)13/h7-9H,4-6H2,1-3H3,(H,12,13). The van der Waals surface area contributed by atoms with E-state index < -0.39 is 5.97 Å². The van der Waals surface area contributed by atoms with Crippen LogP contribution in [0.2, 0.25) is 0 Å². The van der Waals surface area contributed by atoms with Gasteiger partial charge < -0.3 is 10.0 Å². The molecule has 3 unspecified atom stereocenters. The van der Waals surface area contributed by atoms with E-state index in [2.05, 4.69) is 18.7 Å². The largest absolute Gasteiger partial charge is 0.481 e. The number of nitrogens with zero attached hydrogens (tertiary/aromatic N) is 1. The molecule has 3 heteroatoms. The minimum Gasteiger partial charge on any atom is -0.481 e. The number of likely N-dealkylation sites (tertiary alicyclic amines) is 1. The van der Waals surface area contributed by atoms with E-state index in [0.29, 0.717) is 18.4 Å². The zero-order valence-corrected chi connectivity index (χ0v) is 8.66. The van der Waals surface area contributed by atoms with Crippen LogP contribution in [-0.4, -0.2) is 36.1 Å². The number of carboxylic acids is 1. The molecule has 1 aliphatic heterocycles. The topological polar surface area (TPSA) is 40.5 Å². The maximum atomic E-state index is 11.0. The van der Waals surface area contributed by atoms with Crippen molar-refractivity contribution in [1.82, 2.24) is 4.90 Å². The van der Waals surface area contributed by atoms with Crippen LogP contribution in [0.3, 0.4) is 0 Å². The molecule has 0 aliphatic carbocycles. The van der Waals surface area contributed by atoms with Gasteiger partial charge in [-0.3, -0.25) is 4.79 Å². The molecule has 0 spiro atoms. The number of rotatable bonds is 2. The highest BCUT2D eigenvalue weighted by Crippen LogP contribution is 2.30. The first-order valence-corrected chi connectivity index (χ1v) is 4.97. The van der Waals surface area contributed by atoms with Gasteiger partial charge in [-0.15, -0.1) is 0 Å². The molecule has 76 valence electrons. The van der Waals surface area contributed by atoms with Crippen molar-refractivity contribution in [3.05, 3.63) is 0 Å². The Labute approximate surface area is 79.7 Å². The molecule has 0 saturated carbocycles. The zero-order valence-electron chi connectivity index (χ0n) is 8.66. The molecule has 1 N–H and O–H groups in total. The number of carboxylic acid groups (broad SMARTS) is 1. The molecule has 0 bridgehead atoms. The quantitative estimate of drug-likeness (QED) is 0.705. The van der Waals surface area contributed by atoms with Crippen molar-refractivity contribution < 1.29 is 9.90 Å². The molecule has 3 atom stereocenters. The van der Waals surface area contributed by atoms with E-state index in [9.17, 15) is 4.79 Å². The number of aliphatic carboxylic acids is 1. The van der Waals surface area contributed by atoms with Gasteiger partial charge in [0.25, 0.3) is 0 Å². The molecule has 1 heterocycles. The third kappa shape index (κ3) is 2.21. The first-order chi connectivity index (χ1) is 6.06. The number of hydrogen-bond donors (Lipinski definition) is 1. The van der Waals surface area contributed by atoms with E-state index in [1.165, 1.54) is 0 Å². The predicted molar refractivity (Wildman–Crippen MR) is 51.6 cm³/mol. The molecular weight excluding hydrogens is 166 g/mol. The van der Waals surface area contributed by atoms with Crippen LogP contribution in [0.1, 0.15) is 20.3 Å². The fourth-order valence-corrected chi connectivity index (χ4v) is 2.52. The normalized spacial score (nSPS) is 36.1. The fourth-order valence-electron chi connectivity index (χ4n) is 2.52. The molecule has 0 radical (unpaired) electrons. The molecule has 0 aromatic rings. The van der Waals surface area contributed by atoms with Crippen LogP contribution in [0, 0.1) is 17.8 Å². The zero-order chi connectivity index (χ0) is 10.0. The molecule has 3 nitrogen and oxygen atoms in total. The van der Waals surface area contributed by atoms with E-state index in [1.54, 1.807) is 0 Å². The Bertz CT molecular complexity index is 193. The van der Waals surface area contributed by atoms with Gasteiger partial charge in [-0.25, -0.2) is 0 Å². The Morgan fingerprint density at radius 1 is 1.54 bits per heavy atom. The van der Waals surface area contributed by atoms with Crippen molar-refractivity contribution in [3.8, 4) is 0 Å². The minimum atomic E-state index is -0.634. The minimum absolute atomic E-state index is 0.168. The van der Waals surface area contributed by atoms with Crippen molar-refractivity contribution in [3.63, 3.8) is 0 Å². The van der Waals surface area contributed by atoms with Crippen molar-refractivity contribution in [2.45, 2.75) is 20.3 Å². The molecule has 1 fully saturated rings. The smallest absolute Gasteiger partial charge is 0.308 e. The number of hydrogen-bond acceptors (Lipinski definition) is 2. The van der Waals surface area contributed by atoms with Crippen LogP contribution in [0.15, 0.2) is 0 Å². The monoisotopic (exact) mass is 185 g/mol. The molecule has 0 amide bonds. The van der Waals surface area contributed by atoms with Gasteiger partial charge in [0.1, 0.15) is 0 Å². The fraction of sp³-hybridized carbons (Fsp3) is 0.900. The summed E-state index contributed by atoms with van der Waals surface area (Å²) in [5.74, 6) is 0.0579. The molecule has 13 heavy (non-hydrogen) atoms. The Morgan fingerprint density at radius 2 is 2.15 bits per heavy atom. The first-order valence-electron chi connectivity index (χ1n) is 4.97. The highest BCUT2D eigenvalue weighted by Gasteiger charge is 2.36. The molecular formula is C10H19NO2. The summed E-state index contributed by atoms with van der Waals surface area (Å²) in [6.45, 7) is 5.97.